The fourth-order valence-electron chi connectivity index (χ4n) is 3.43. The molecule has 2 fully saturated rings. The number of likely N-dealkylation sites (tertiary alicyclic amines) is 1. The third-order valence-electron chi connectivity index (χ3n) is 4.93. The fourth-order valence-corrected chi connectivity index (χ4v) is 3.43. The first-order valence-electron chi connectivity index (χ1n) is 8.97. The third-order valence-corrected chi connectivity index (χ3v) is 4.93. The molecule has 0 bridgehead atoms. The highest BCUT2D eigenvalue weighted by Gasteiger charge is 2.25. The van der Waals surface area contributed by atoms with Crippen LogP contribution in [-0.4, -0.2) is 54.3 Å². The summed E-state index contributed by atoms with van der Waals surface area (Å²) in [5, 5.41) is 8.86. The summed E-state index contributed by atoms with van der Waals surface area (Å²) in [5.41, 5.74) is 0.640. The lowest BCUT2D eigenvalue weighted by Gasteiger charge is -2.31. The molecule has 25 heavy (non-hydrogen) atoms. The van der Waals surface area contributed by atoms with E-state index in [9.17, 15) is 9.59 Å². The number of carbonyl (C=O) groups excluding carboxylic acids is 1. The van der Waals surface area contributed by atoms with Gasteiger partial charge in [0, 0.05) is 31.7 Å². The molecule has 2 aliphatic heterocycles. The minimum Gasteiger partial charge on any atom is -0.491 e. The van der Waals surface area contributed by atoms with Crippen molar-refractivity contribution in [3.8, 4) is 5.75 Å². The molecule has 6 nitrogen and oxygen atoms in total. The summed E-state index contributed by atoms with van der Waals surface area (Å²) < 4.78 is 11.2. The van der Waals surface area contributed by atoms with Gasteiger partial charge in [0.1, 0.15) is 12.4 Å². The van der Waals surface area contributed by atoms with Gasteiger partial charge >= 0.3 is 5.97 Å². The topological polar surface area (TPSA) is 76.1 Å². The molecule has 1 N–H and O–H groups in total. The molecule has 0 saturated carbocycles. The average Bonchev–Trinajstić information content (AvgIpc) is 3.13. The molecule has 0 spiro atoms. The Morgan fingerprint density at radius 3 is 2.48 bits per heavy atom. The Kier molecular flexibility index (Phi) is 5.91. The summed E-state index contributed by atoms with van der Waals surface area (Å²) in [4.78, 5) is 25.1. The molecule has 1 aromatic carbocycles. The van der Waals surface area contributed by atoms with Crippen LogP contribution < -0.4 is 4.74 Å². The van der Waals surface area contributed by atoms with E-state index in [4.69, 9.17) is 14.6 Å². The number of hydrogen-bond donors (Lipinski definition) is 1. The van der Waals surface area contributed by atoms with Gasteiger partial charge < -0.3 is 19.5 Å². The number of carboxylic acid groups (broad SMARTS) is 1. The second-order valence-corrected chi connectivity index (χ2v) is 6.80. The zero-order chi connectivity index (χ0) is 17.6. The maximum absolute atomic E-state index is 12.6. The van der Waals surface area contributed by atoms with Crippen molar-refractivity contribution in [2.75, 3.05) is 26.3 Å². The van der Waals surface area contributed by atoms with E-state index in [0.717, 1.165) is 38.0 Å². The van der Waals surface area contributed by atoms with E-state index in [1.54, 1.807) is 17.0 Å². The molecule has 2 aliphatic rings. The molecule has 2 heterocycles. The van der Waals surface area contributed by atoms with E-state index in [-0.39, 0.29) is 24.3 Å². The van der Waals surface area contributed by atoms with Gasteiger partial charge in [-0.3, -0.25) is 9.59 Å². The number of benzene rings is 1. The van der Waals surface area contributed by atoms with Gasteiger partial charge in [0.25, 0.3) is 5.91 Å². The highest BCUT2D eigenvalue weighted by molar-refractivity contribution is 5.94. The fraction of sp³-hybridized carbons (Fsp3) is 0.579. The number of ether oxygens (including phenoxy) is 2. The maximum atomic E-state index is 12.6. The second kappa shape index (κ2) is 8.34. The van der Waals surface area contributed by atoms with Crippen molar-refractivity contribution in [2.24, 2.45) is 5.92 Å². The van der Waals surface area contributed by atoms with Gasteiger partial charge in [-0.2, -0.15) is 0 Å². The van der Waals surface area contributed by atoms with Crippen LogP contribution in [0.5, 0.6) is 5.75 Å². The predicted molar refractivity (Wildman–Crippen MR) is 91.8 cm³/mol. The van der Waals surface area contributed by atoms with Crippen LogP contribution in [0.3, 0.4) is 0 Å². The number of rotatable bonds is 6. The van der Waals surface area contributed by atoms with E-state index in [2.05, 4.69) is 0 Å². The summed E-state index contributed by atoms with van der Waals surface area (Å²) in [6.07, 6.45) is 3.99. The summed E-state index contributed by atoms with van der Waals surface area (Å²) in [7, 11) is 0. The smallest absolute Gasteiger partial charge is 0.303 e. The Hall–Kier alpha value is -2.08. The van der Waals surface area contributed by atoms with E-state index in [0.29, 0.717) is 25.3 Å². The maximum Gasteiger partial charge on any atom is 0.303 e. The first-order chi connectivity index (χ1) is 12.1. The Morgan fingerprint density at radius 1 is 1.16 bits per heavy atom. The Labute approximate surface area is 147 Å². The zero-order valence-electron chi connectivity index (χ0n) is 14.4. The van der Waals surface area contributed by atoms with E-state index in [1.165, 1.54) is 0 Å². The zero-order valence-corrected chi connectivity index (χ0v) is 14.4. The molecule has 1 amide bonds. The van der Waals surface area contributed by atoms with Crippen LogP contribution in [0.4, 0.5) is 0 Å². The van der Waals surface area contributed by atoms with Crippen molar-refractivity contribution >= 4 is 11.9 Å². The summed E-state index contributed by atoms with van der Waals surface area (Å²) in [6, 6.07) is 7.21. The van der Waals surface area contributed by atoms with Gasteiger partial charge in [-0.25, -0.2) is 0 Å². The van der Waals surface area contributed by atoms with Crippen LogP contribution >= 0.6 is 0 Å². The molecule has 6 heteroatoms. The van der Waals surface area contributed by atoms with Crippen LogP contribution in [0, 0.1) is 5.92 Å². The number of aliphatic carboxylic acids is 1. The van der Waals surface area contributed by atoms with Crippen LogP contribution in [0.25, 0.3) is 0 Å². The van der Waals surface area contributed by atoms with Crippen LogP contribution in [-0.2, 0) is 9.53 Å². The van der Waals surface area contributed by atoms with Gasteiger partial charge in [0.05, 0.1) is 6.10 Å². The molecule has 1 aromatic rings. The molecule has 2 saturated heterocycles. The van der Waals surface area contributed by atoms with Crippen LogP contribution in [0.1, 0.15) is 42.5 Å². The standard InChI is InChI=1S/C19H25NO5/c21-18(22)12-14-7-9-20(10-8-14)19(23)15-3-5-16(6-4-15)25-13-17-2-1-11-24-17/h3-6,14,17H,1-2,7-13H2,(H,21,22). The number of piperidine rings is 1. The molecular weight excluding hydrogens is 322 g/mol. The number of carboxylic acids is 1. The van der Waals surface area contributed by atoms with Crippen LogP contribution in [0.15, 0.2) is 24.3 Å². The molecule has 136 valence electrons. The van der Waals surface area contributed by atoms with Crippen molar-refractivity contribution in [1.82, 2.24) is 4.90 Å². The average molecular weight is 347 g/mol. The largest absolute Gasteiger partial charge is 0.491 e. The molecule has 1 unspecified atom stereocenters. The lowest BCUT2D eigenvalue weighted by atomic mass is 9.93. The summed E-state index contributed by atoms with van der Waals surface area (Å²) in [6.45, 7) is 2.59. The van der Waals surface area contributed by atoms with Gasteiger partial charge in [-0.05, 0) is 55.9 Å². The van der Waals surface area contributed by atoms with Gasteiger partial charge in [0.15, 0.2) is 0 Å². The van der Waals surface area contributed by atoms with Crippen molar-refractivity contribution in [2.45, 2.75) is 38.2 Å². The lowest BCUT2D eigenvalue weighted by molar-refractivity contribution is -0.138. The monoisotopic (exact) mass is 347 g/mol. The van der Waals surface area contributed by atoms with Crippen molar-refractivity contribution in [1.29, 1.82) is 0 Å². The van der Waals surface area contributed by atoms with E-state index < -0.39 is 5.97 Å². The molecular formula is C19H25NO5. The summed E-state index contributed by atoms with van der Waals surface area (Å²) >= 11 is 0. The molecule has 0 radical (unpaired) electrons. The highest BCUT2D eigenvalue weighted by atomic mass is 16.5. The molecule has 0 aliphatic carbocycles. The van der Waals surface area contributed by atoms with E-state index >= 15 is 0 Å². The normalized spacial score (nSPS) is 21.3. The minimum atomic E-state index is -0.761. The highest BCUT2D eigenvalue weighted by Crippen LogP contribution is 2.23. The molecule has 3 rings (SSSR count). The van der Waals surface area contributed by atoms with Crippen molar-refractivity contribution < 1.29 is 24.2 Å². The predicted octanol–water partition coefficient (Wildman–Crippen LogP) is 2.57. The quantitative estimate of drug-likeness (QED) is 0.856. The van der Waals surface area contributed by atoms with E-state index in [1.807, 2.05) is 12.1 Å². The SMILES string of the molecule is O=C(O)CC1CCN(C(=O)c2ccc(OCC3CCCO3)cc2)CC1. The van der Waals surface area contributed by atoms with Crippen molar-refractivity contribution in [3.05, 3.63) is 29.8 Å². The summed E-state index contributed by atoms with van der Waals surface area (Å²) in [5.74, 6) is 0.158. The Balaban J connectivity index is 1.48. The first kappa shape index (κ1) is 17.7. The number of amides is 1. The van der Waals surface area contributed by atoms with Crippen molar-refractivity contribution in [3.63, 3.8) is 0 Å². The number of nitrogens with zero attached hydrogens (tertiary/aromatic N) is 1. The Bertz CT molecular complexity index is 586. The number of carbonyl (C=O) groups is 2. The lowest BCUT2D eigenvalue weighted by Crippen LogP contribution is -2.38. The first-order valence-corrected chi connectivity index (χ1v) is 8.97. The molecule has 1 atom stereocenters. The molecule has 0 aromatic heterocycles. The minimum absolute atomic E-state index is 0.000508. The number of hydrogen-bond acceptors (Lipinski definition) is 4. The second-order valence-electron chi connectivity index (χ2n) is 6.80. The van der Waals surface area contributed by atoms with Gasteiger partial charge in [-0.1, -0.05) is 0 Å². The third kappa shape index (κ3) is 4.95. The van der Waals surface area contributed by atoms with Gasteiger partial charge in [0.2, 0.25) is 0 Å². The van der Waals surface area contributed by atoms with Gasteiger partial charge in [-0.15, -0.1) is 0 Å². The Morgan fingerprint density at radius 2 is 1.88 bits per heavy atom. The van der Waals surface area contributed by atoms with Crippen LogP contribution in [0.2, 0.25) is 0 Å².